The number of pyridine rings is 1. The molecule has 0 aliphatic carbocycles. The van der Waals surface area contributed by atoms with Crippen molar-refractivity contribution in [3.63, 3.8) is 0 Å². The first kappa shape index (κ1) is 7.26. The van der Waals surface area contributed by atoms with E-state index in [1.165, 1.54) is 0 Å². The van der Waals surface area contributed by atoms with Crippen molar-refractivity contribution >= 4 is 5.69 Å². The quantitative estimate of drug-likeness (QED) is 0.352. The number of hydrogen-bond acceptors (Lipinski definition) is 4. The van der Waals surface area contributed by atoms with E-state index in [0.29, 0.717) is 0 Å². The Bertz CT molecular complexity index is 343. The van der Waals surface area contributed by atoms with Crippen molar-refractivity contribution in [1.29, 1.82) is 0 Å². The maximum Gasteiger partial charge on any atom is 0.289 e. The molecule has 6 heteroatoms. The minimum absolute atomic E-state index is 0.271. The lowest BCUT2D eigenvalue weighted by Gasteiger charge is -1.92. The molecule has 0 saturated carbocycles. The van der Waals surface area contributed by atoms with Crippen LogP contribution in [0.3, 0.4) is 0 Å². The summed E-state index contributed by atoms with van der Waals surface area (Å²) in [6.45, 7) is 0. The van der Waals surface area contributed by atoms with E-state index in [0.717, 1.165) is 18.3 Å². The van der Waals surface area contributed by atoms with E-state index in [9.17, 15) is 14.9 Å². The smallest absolute Gasteiger partial charge is 0.289 e. The van der Waals surface area contributed by atoms with Crippen molar-refractivity contribution in [1.82, 2.24) is 4.73 Å². The molecule has 0 fully saturated rings. The third-order valence-corrected chi connectivity index (χ3v) is 1.09. The van der Waals surface area contributed by atoms with Gasteiger partial charge in [-0.1, -0.05) is 0 Å². The maximum absolute atomic E-state index is 10.6. The van der Waals surface area contributed by atoms with Gasteiger partial charge in [-0.05, 0) is 0 Å². The predicted molar refractivity (Wildman–Crippen MR) is 34.5 cm³/mol. The van der Waals surface area contributed by atoms with E-state index in [2.05, 4.69) is 0 Å². The Balaban J connectivity index is 3.26. The van der Waals surface area contributed by atoms with Gasteiger partial charge in [0.05, 0.1) is 17.2 Å². The molecular weight excluding hydrogens is 152 g/mol. The molecule has 0 aromatic carbocycles. The SMILES string of the molecule is O=c1cc([N+](=O)[O-])ccn1O. The second-order valence-corrected chi connectivity index (χ2v) is 1.82. The van der Waals surface area contributed by atoms with Crippen LogP contribution in [0.15, 0.2) is 23.1 Å². The van der Waals surface area contributed by atoms with Gasteiger partial charge in [-0.15, -0.1) is 0 Å². The third kappa shape index (κ3) is 1.34. The molecule has 0 amide bonds. The molecule has 6 nitrogen and oxygen atoms in total. The lowest BCUT2D eigenvalue weighted by molar-refractivity contribution is -0.385. The summed E-state index contributed by atoms with van der Waals surface area (Å²) in [5, 5.41) is 18.6. The summed E-state index contributed by atoms with van der Waals surface area (Å²) in [5.41, 5.74) is -1.15. The maximum atomic E-state index is 10.6. The molecule has 0 radical (unpaired) electrons. The molecule has 0 spiro atoms. The van der Waals surface area contributed by atoms with Gasteiger partial charge in [-0.3, -0.25) is 14.9 Å². The third-order valence-electron chi connectivity index (χ3n) is 1.09. The van der Waals surface area contributed by atoms with Crippen LogP contribution in [-0.2, 0) is 0 Å². The molecule has 1 N–H and O–H groups in total. The first-order valence-corrected chi connectivity index (χ1v) is 2.67. The minimum Gasteiger partial charge on any atom is -0.425 e. The van der Waals surface area contributed by atoms with E-state index in [-0.39, 0.29) is 10.4 Å². The molecule has 58 valence electrons. The summed E-state index contributed by atoms with van der Waals surface area (Å²) < 4.78 is 0.271. The van der Waals surface area contributed by atoms with Gasteiger partial charge in [0.15, 0.2) is 0 Å². The normalized spacial score (nSPS) is 9.45. The van der Waals surface area contributed by atoms with Gasteiger partial charge in [-0.2, -0.15) is 4.73 Å². The van der Waals surface area contributed by atoms with E-state index < -0.39 is 10.5 Å². The fraction of sp³-hybridized carbons (Fsp3) is 0. The van der Waals surface area contributed by atoms with Gasteiger partial charge >= 0.3 is 0 Å². The molecule has 11 heavy (non-hydrogen) atoms. The van der Waals surface area contributed by atoms with Gasteiger partial charge in [0.25, 0.3) is 11.2 Å². The summed E-state index contributed by atoms with van der Waals surface area (Å²) in [4.78, 5) is 19.9. The van der Waals surface area contributed by atoms with Crippen LogP contribution in [0.5, 0.6) is 0 Å². The largest absolute Gasteiger partial charge is 0.425 e. The topological polar surface area (TPSA) is 85.4 Å². The van der Waals surface area contributed by atoms with Crippen LogP contribution in [0.2, 0.25) is 0 Å². The summed E-state index contributed by atoms with van der Waals surface area (Å²) in [7, 11) is 0. The van der Waals surface area contributed by atoms with Crippen molar-refractivity contribution in [3.8, 4) is 0 Å². The molecule has 0 unspecified atom stereocenters. The van der Waals surface area contributed by atoms with Crippen LogP contribution in [0.25, 0.3) is 0 Å². The van der Waals surface area contributed by atoms with Gasteiger partial charge in [0.1, 0.15) is 0 Å². The van der Waals surface area contributed by atoms with Gasteiger partial charge < -0.3 is 5.21 Å². The molecule has 0 atom stereocenters. The van der Waals surface area contributed by atoms with E-state index >= 15 is 0 Å². The zero-order valence-electron chi connectivity index (χ0n) is 5.30. The first-order valence-electron chi connectivity index (χ1n) is 2.67. The Morgan fingerprint density at radius 1 is 1.64 bits per heavy atom. The molecule has 0 bridgehead atoms. The number of hydrogen-bond donors (Lipinski definition) is 1. The van der Waals surface area contributed by atoms with Crippen molar-refractivity contribution in [3.05, 3.63) is 38.8 Å². The fourth-order valence-electron chi connectivity index (χ4n) is 0.575. The standard InChI is InChI=1S/C5H4N2O4/c8-5-3-4(7(10)11)1-2-6(5)9/h1-3,9H. The highest BCUT2D eigenvalue weighted by molar-refractivity contribution is 5.25. The van der Waals surface area contributed by atoms with Crippen molar-refractivity contribution in [2.24, 2.45) is 0 Å². The average molecular weight is 156 g/mol. The Morgan fingerprint density at radius 3 is 2.73 bits per heavy atom. The molecule has 0 saturated heterocycles. The Labute approximate surface area is 60.4 Å². The Hall–Kier alpha value is -1.85. The summed E-state index contributed by atoms with van der Waals surface area (Å²) in [6, 6.07) is 1.77. The fourth-order valence-corrected chi connectivity index (χ4v) is 0.575. The average Bonchev–Trinajstić information content (AvgIpc) is 1.94. The second kappa shape index (κ2) is 2.41. The van der Waals surface area contributed by atoms with Crippen molar-refractivity contribution in [2.45, 2.75) is 0 Å². The zero-order valence-corrected chi connectivity index (χ0v) is 5.30. The molecule has 1 heterocycles. The van der Waals surface area contributed by atoms with Crippen LogP contribution in [0, 0.1) is 10.1 Å². The molecule has 1 aromatic heterocycles. The summed E-state index contributed by atoms with van der Waals surface area (Å²) in [6.07, 6.45) is 0.917. The first-order chi connectivity index (χ1) is 5.11. The van der Waals surface area contributed by atoms with Crippen LogP contribution >= 0.6 is 0 Å². The number of rotatable bonds is 1. The van der Waals surface area contributed by atoms with Gasteiger partial charge in [0, 0.05) is 6.07 Å². The predicted octanol–water partition coefficient (Wildman–Crippen LogP) is -0.00620. The van der Waals surface area contributed by atoms with Crippen LogP contribution < -0.4 is 5.56 Å². The van der Waals surface area contributed by atoms with E-state index in [1.807, 2.05) is 0 Å². The van der Waals surface area contributed by atoms with Crippen LogP contribution in [0.1, 0.15) is 0 Å². The highest BCUT2D eigenvalue weighted by Crippen LogP contribution is 2.03. The monoisotopic (exact) mass is 156 g/mol. The minimum atomic E-state index is -0.820. The molecular formula is C5H4N2O4. The highest BCUT2D eigenvalue weighted by atomic mass is 16.6. The summed E-state index contributed by atoms with van der Waals surface area (Å²) in [5.74, 6) is 0. The zero-order chi connectivity index (χ0) is 8.43. The molecule has 1 rings (SSSR count). The summed E-state index contributed by atoms with van der Waals surface area (Å²) >= 11 is 0. The second-order valence-electron chi connectivity index (χ2n) is 1.82. The van der Waals surface area contributed by atoms with Crippen LogP contribution in [-0.4, -0.2) is 14.9 Å². The highest BCUT2D eigenvalue weighted by Gasteiger charge is 2.05. The Morgan fingerprint density at radius 2 is 2.27 bits per heavy atom. The number of nitro groups is 1. The molecule has 0 aliphatic rings. The van der Waals surface area contributed by atoms with Gasteiger partial charge in [0.2, 0.25) is 0 Å². The lowest BCUT2D eigenvalue weighted by Crippen LogP contribution is -2.15. The number of nitrogens with zero attached hydrogens (tertiary/aromatic N) is 2. The van der Waals surface area contributed by atoms with Crippen molar-refractivity contribution < 1.29 is 10.1 Å². The Kier molecular flexibility index (Phi) is 1.59. The number of aromatic nitrogens is 1. The van der Waals surface area contributed by atoms with Crippen molar-refractivity contribution in [2.75, 3.05) is 0 Å². The van der Waals surface area contributed by atoms with E-state index in [4.69, 9.17) is 5.21 Å². The van der Waals surface area contributed by atoms with E-state index in [1.54, 1.807) is 0 Å². The van der Waals surface area contributed by atoms with Crippen LogP contribution in [0.4, 0.5) is 5.69 Å². The molecule has 0 aliphatic heterocycles. The lowest BCUT2D eigenvalue weighted by atomic mass is 10.4. The molecule has 1 aromatic rings. The van der Waals surface area contributed by atoms with Gasteiger partial charge in [-0.25, -0.2) is 0 Å².